The molecule has 1 aromatic rings. The first kappa shape index (κ1) is 18.9. The smallest absolute Gasteiger partial charge is 0.325 e. The minimum Gasteiger partial charge on any atom is -0.465 e. The second-order valence-electron chi connectivity index (χ2n) is 4.89. The van der Waals surface area contributed by atoms with Crippen molar-refractivity contribution in [3.05, 3.63) is 29.3 Å². The summed E-state index contributed by atoms with van der Waals surface area (Å²) in [5.41, 5.74) is 2.97. The van der Waals surface area contributed by atoms with Crippen LogP contribution in [0.15, 0.2) is 23.2 Å². The summed E-state index contributed by atoms with van der Waals surface area (Å²) in [5, 5.41) is 0. The van der Waals surface area contributed by atoms with Crippen LogP contribution in [0, 0.1) is 5.92 Å². The monoisotopic (exact) mass is 319 g/mol. The Morgan fingerprint density at radius 1 is 1.00 bits per heavy atom. The highest BCUT2D eigenvalue weighted by Crippen LogP contribution is 2.25. The van der Waals surface area contributed by atoms with E-state index in [0.717, 1.165) is 29.7 Å². The summed E-state index contributed by atoms with van der Waals surface area (Å²) in [7, 11) is 0. The summed E-state index contributed by atoms with van der Waals surface area (Å²) >= 11 is 0. The van der Waals surface area contributed by atoms with E-state index < -0.39 is 17.9 Å². The Bertz CT molecular complexity index is 526. The lowest BCUT2D eigenvalue weighted by atomic mass is 10.0. The van der Waals surface area contributed by atoms with Crippen molar-refractivity contribution in [3.63, 3.8) is 0 Å². The zero-order chi connectivity index (χ0) is 17.2. The molecule has 0 aliphatic rings. The van der Waals surface area contributed by atoms with Gasteiger partial charge >= 0.3 is 11.9 Å². The van der Waals surface area contributed by atoms with E-state index in [0.29, 0.717) is 0 Å². The van der Waals surface area contributed by atoms with Gasteiger partial charge in [0, 0.05) is 6.21 Å². The molecule has 0 unspecified atom stereocenters. The number of nitrogens with zero attached hydrogens (tertiary/aromatic N) is 1. The van der Waals surface area contributed by atoms with Crippen LogP contribution < -0.4 is 0 Å². The Hall–Kier alpha value is -2.17. The number of esters is 2. The number of rotatable bonds is 8. The maximum Gasteiger partial charge on any atom is 0.325 e. The third-order valence-corrected chi connectivity index (χ3v) is 3.40. The molecule has 5 heteroatoms. The van der Waals surface area contributed by atoms with Gasteiger partial charge < -0.3 is 9.47 Å². The van der Waals surface area contributed by atoms with E-state index in [9.17, 15) is 9.59 Å². The predicted octanol–water partition coefficient (Wildman–Crippen LogP) is 3.26. The minimum absolute atomic E-state index is 0.203. The number of para-hydroxylation sites is 1. The molecular formula is C18H25NO4. The van der Waals surface area contributed by atoms with Crippen LogP contribution in [0.5, 0.6) is 0 Å². The quantitative estimate of drug-likeness (QED) is 0.419. The zero-order valence-corrected chi connectivity index (χ0v) is 14.3. The predicted molar refractivity (Wildman–Crippen MR) is 90.1 cm³/mol. The molecule has 5 nitrogen and oxygen atoms in total. The van der Waals surface area contributed by atoms with Gasteiger partial charge in [-0.1, -0.05) is 32.0 Å². The maximum absolute atomic E-state index is 12.0. The van der Waals surface area contributed by atoms with Gasteiger partial charge in [0.15, 0.2) is 5.92 Å². The van der Waals surface area contributed by atoms with Gasteiger partial charge in [0.1, 0.15) is 0 Å². The van der Waals surface area contributed by atoms with Gasteiger partial charge in [0.2, 0.25) is 0 Å². The summed E-state index contributed by atoms with van der Waals surface area (Å²) in [4.78, 5) is 28.4. The summed E-state index contributed by atoms with van der Waals surface area (Å²) in [5.74, 6) is -2.41. The normalized spacial score (nSPS) is 11.0. The fraction of sp³-hybridized carbons (Fsp3) is 0.500. The van der Waals surface area contributed by atoms with Crippen molar-refractivity contribution >= 4 is 23.8 Å². The molecule has 1 rings (SSSR count). The maximum atomic E-state index is 12.0. The number of benzene rings is 1. The molecule has 0 spiro atoms. The van der Waals surface area contributed by atoms with Gasteiger partial charge in [-0.3, -0.25) is 14.6 Å². The highest BCUT2D eigenvalue weighted by Gasteiger charge is 2.27. The van der Waals surface area contributed by atoms with E-state index >= 15 is 0 Å². The van der Waals surface area contributed by atoms with Gasteiger partial charge in [-0.25, -0.2) is 0 Å². The number of aryl methyl sites for hydroxylation is 2. The molecule has 0 aromatic heterocycles. The molecule has 126 valence electrons. The van der Waals surface area contributed by atoms with E-state index in [1.807, 2.05) is 32.0 Å². The number of aliphatic imine (C=N–C) groups is 1. The van der Waals surface area contributed by atoms with Crippen molar-refractivity contribution in [2.45, 2.75) is 40.5 Å². The number of hydrogen-bond acceptors (Lipinski definition) is 5. The van der Waals surface area contributed by atoms with E-state index in [4.69, 9.17) is 9.47 Å². The van der Waals surface area contributed by atoms with Gasteiger partial charge in [0.25, 0.3) is 0 Å². The Kier molecular flexibility index (Phi) is 8.02. The van der Waals surface area contributed by atoms with Crippen molar-refractivity contribution in [3.8, 4) is 0 Å². The van der Waals surface area contributed by atoms with E-state index in [1.165, 1.54) is 6.21 Å². The van der Waals surface area contributed by atoms with E-state index in [1.54, 1.807) is 13.8 Å². The minimum atomic E-state index is -1.13. The summed E-state index contributed by atoms with van der Waals surface area (Å²) < 4.78 is 9.88. The number of carbonyl (C=O) groups excluding carboxylic acids is 2. The van der Waals surface area contributed by atoms with Crippen LogP contribution in [0.1, 0.15) is 38.8 Å². The Labute approximate surface area is 137 Å². The van der Waals surface area contributed by atoms with Gasteiger partial charge in [-0.05, 0) is 37.8 Å². The standard InChI is InChI=1S/C18H25NO4/c1-5-13-10-9-11-14(6-2)16(13)19-12-15(17(20)22-7-3)18(21)23-8-4/h9-12,15H,5-8H2,1-4H3. The molecule has 0 heterocycles. The second kappa shape index (κ2) is 9.77. The number of hydrogen-bond donors (Lipinski definition) is 0. The lowest BCUT2D eigenvalue weighted by molar-refractivity contribution is -0.157. The van der Waals surface area contributed by atoms with Crippen LogP contribution in [0.4, 0.5) is 5.69 Å². The topological polar surface area (TPSA) is 65.0 Å². The van der Waals surface area contributed by atoms with Crippen molar-refractivity contribution in [2.24, 2.45) is 10.9 Å². The second-order valence-corrected chi connectivity index (χ2v) is 4.89. The first-order valence-corrected chi connectivity index (χ1v) is 8.07. The lowest BCUT2D eigenvalue weighted by Crippen LogP contribution is -2.29. The van der Waals surface area contributed by atoms with Gasteiger partial charge in [0.05, 0.1) is 18.9 Å². The van der Waals surface area contributed by atoms with E-state index in [2.05, 4.69) is 4.99 Å². The van der Waals surface area contributed by atoms with Crippen molar-refractivity contribution in [2.75, 3.05) is 13.2 Å². The highest BCUT2D eigenvalue weighted by molar-refractivity contribution is 6.09. The molecule has 0 amide bonds. The van der Waals surface area contributed by atoms with Crippen LogP contribution in [-0.4, -0.2) is 31.4 Å². The average Bonchev–Trinajstić information content (AvgIpc) is 2.55. The van der Waals surface area contributed by atoms with Crippen molar-refractivity contribution in [1.29, 1.82) is 0 Å². The molecule has 0 saturated heterocycles. The Morgan fingerprint density at radius 2 is 1.48 bits per heavy atom. The van der Waals surface area contributed by atoms with E-state index in [-0.39, 0.29) is 13.2 Å². The fourth-order valence-corrected chi connectivity index (χ4v) is 2.21. The molecule has 0 bridgehead atoms. The van der Waals surface area contributed by atoms with Gasteiger partial charge in [-0.15, -0.1) is 0 Å². The largest absolute Gasteiger partial charge is 0.465 e. The first-order valence-electron chi connectivity index (χ1n) is 8.07. The number of ether oxygens (including phenoxy) is 2. The molecule has 0 N–H and O–H groups in total. The highest BCUT2D eigenvalue weighted by atomic mass is 16.6. The molecule has 23 heavy (non-hydrogen) atoms. The molecule has 0 fully saturated rings. The Balaban J connectivity index is 3.14. The fourth-order valence-electron chi connectivity index (χ4n) is 2.21. The van der Waals surface area contributed by atoms with Crippen LogP contribution in [0.3, 0.4) is 0 Å². The molecule has 1 aromatic carbocycles. The molecule has 0 atom stereocenters. The first-order chi connectivity index (χ1) is 11.1. The third kappa shape index (κ3) is 5.20. The zero-order valence-electron chi connectivity index (χ0n) is 14.3. The van der Waals surface area contributed by atoms with Crippen LogP contribution in [-0.2, 0) is 31.9 Å². The van der Waals surface area contributed by atoms with Crippen LogP contribution in [0.2, 0.25) is 0 Å². The SMILES string of the molecule is CCOC(=O)C(C=Nc1c(CC)cccc1CC)C(=O)OCC. The summed E-state index contributed by atoms with van der Waals surface area (Å²) in [6, 6.07) is 5.98. The third-order valence-electron chi connectivity index (χ3n) is 3.40. The molecule has 0 aliphatic carbocycles. The summed E-state index contributed by atoms with van der Waals surface area (Å²) in [6.45, 7) is 7.88. The van der Waals surface area contributed by atoms with Crippen molar-refractivity contribution in [1.82, 2.24) is 0 Å². The van der Waals surface area contributed by atoms with Gasteiger partial charge in [-0.2, -0.15) is 0 Å². The molecular weight excluding hydrogens is 294 g/mol. The Morgan fingerprint density at radius 3 is 1.87 bits per heavy atom. The van der Waals surface area contributed by atoms with Crippen LogP contribution in [0.25, 0.3) is 0 Å². The average molecular weight is 319 g/mol. The lowest BCUT2D eigenvalue weighted by Gasteiger charge is -2.12. The molecule has 0 radical (unpaired) electrons. The summed E-state index contributed by atoms with van der Waals surface area (Å²) in [6.07, 6.45) is 2.98. The van der Waals surface area contributed by atoms with Crippen molar-refractivity contribution < 1.29 is 19.1 Å². The number of carbonyl (C=O) groups is 2. The molecule has 0 aliphatic heterocycles. The van der Waals surface area contributed by atoms with Crippen LogP contribution >= 0.6 is 0 Å². The molecule has 0 saturated carbocycles.